The molecule has 0 bridgehead atoms. The Kier molecular flexibility index (Phi) is 9.65. The minimum absolute atomic E-state index is 0.0271. The number of thiazole rings is 1. The molecule has 0 aliphatic carbocycles. The van der Waals surface area contributed by atoms with Gasteiger partial charge in [-0.3, -0.25) is 9.59 Å². The van der Waals surface area contributed by atoms with Crippen molar-refractivity contribution in [2.45, 2.75) is 69.9 Å². The lowest BCUT2D eigenvalue weighted by molar-refractivity contribution is 0.0685. The van der Waals surface area contributed by atoms with Crippen molar-refractivity contribution < 1.29 is 24.0 Å². The molecule has 2 amide bonds. The van der Waals surface area contributed by atoms with E-state index in [4.69, 9.17) is 0 Å². The van der Waals surface area contributed by atoms with Crippen LogP contribution in [-0.2, 0) is 11.0 Å². The summed E-state index contributed by atoms with van der Waals surface area (Å²) in [5.41, 5.74) is -0.697. The van der Waals surface area contributed by atoms with E-state index in [0.717, 1.165) is 40.5 Å². The van der Waals surface area contributed by atoms with Crippen molar-refractivity contribution in [2.24, 2.45) is 5.92 Å². The maximum atomic E-state index is 13.8. The largest absolute Gasteiger partial charge is 0.396 e. The Balaban J connectivity index is 1.79. The molecule has 222 valence electrons. The van der Waals surface area contributed by atoms with Crippen LogP contribution < -0.4 is 10.0 Å². The molecule has 3 aromatic rings. The van der Waals surface area contributed by atoms with E-state index in [2.05, 4.69) is 21.9 Å². The Morgan fingerprint density at radius 3 is 2.39 bits per heavy atom. The van der Waals surface area contributed by atoms with Crippen LogP contribution in [0.5, 0.6) is 0 Å². The molecule has 9 nitrogen and oxygen atoms in total. The number of fused-ring (bicyclic) bond motifs is 1. The van der Waals surface area contributed by atoms with Crippen LogP contribution in [0.15, 0.2) is 41.3 Å². The highest BCUT2D eigenvalue weighted by Crippen LogP contribution is 2.38. The molecular weight excluding hydrogens is 560 g/mol. The maximum absolute atomic E-state index is 13.8. The molecule has 1 aromatic heterocycles. The number of hydrogen-bond donors (Lipinski definition) is 4. The lowest BCUT2D eigenvalue weighted by Crippen LogP contribution is -2.41. The third-order valence-corrected chi connectivity index (χ3v) is 9.79. The van der Waals surface area contributed by atoms with Crippen LogP contribution in [0.4, 0.5) is 0 Å². The van der Waals surface area contributed by atoms with Gasteiger partial charge < -0.3 is 20.4 Å². The minimum atomic E-state index is -1.56. The van der Waals surface area contributed by atoms with E-state index in [1.54, 1.807) is 24.8 Å². The predicted octanol–water partition coefficient (Wildman–Crippen LogP) is 4.11. The van der Waals surface area contributed by atoms with Crippen LogP contribution in [0.3, 0.4) is 0 Å². The smallest absolute Gasteiger partial charge is 0.280 e. The Morgan fingerprint density at radius 1 is 1.10 bits per heavy atom. The van der Waals surface area contributed by atoms with Crippen molar-refractivity contribution in [1.29, 1.82) is 0 Å². The number of rotatable bonds is 10. The summed E-state index contributed by atoms with van der Waals surface area (Å²) in [5.74, 6) is -0.124. The van der Waals surface area contributed by atoms with Crippen molar-refractivity contribution >= 4 is 44.9 Å². The van der Waals surface area contributed by atoms with Crippen LogP contribution >= 0.6 is 11.3 Å². The molecule has 1 unspecified atom stereocenters. The molecule has 4 rings (SSSR count). The number of piperidine rings is 1. The number of likely N-dealkylation sites (tertiary alicyclic amines) is 1. The lowest BCUT2D eigenvalue weighted by Gasteiger charge is -2.30. The number of aromatic nitrogens is 1. The number of carbonyl (C=O) groups is 2. The maximum Gasteiger partial charge on any atom is 0.280 e. The normalized spacial score (nSPS) is 15.7. The average molecular weight is 601 g/mol. The molecule has 4 N–H and O–H groups in total. The van der Waals surface area contributed by atoms with Gasteiger partial charge >= 0.3 is 0 Å². The molecular formula is C30H40N4O5S2. The summed E-state index contributed by atoms with van der Waals surface area (Å²) in [7, 11) is -1.56. The first-order valence-corrected chi connectivity index (χ1v) is 15.9. The molecule has 1 aliphatic rings. The second kappa shape index (κ2) is 12.7. The molecule has 0 radical (unpaired) electrons. The summed E-state index contributed by atoms with van der Waals surface area (Å²) in [4.78, 5) is 34.4. The van der Waals surface area contributed by atoms with E-state index < -0.39 is 28.0 Å². The van der Waals surface area contributed by atoms with Gasteiger partial charge in [-0.25, -0.2) is 13.9 Å². The lowest BCUT2D eigenvalue weighted by atomic mass is 9.98. The van der Waals surface area contributed by atoms with E-state index in [-0.39, 0.29) is 29.8 Å². The van der Waals surface area contributed by atoms with Crippen LogP contribution in [-0.4, -0.2) is 73.5 Å². The average Bonchev–Trinajstić information content (AvgIpc) is 3.35. The second-order valence-electron chi connectivity index (χ2n) is 12.1. The zero-order valence-electron chi connectivity index (χ0n) is 24.3. The van der Waals surface area contributed by atoms with Gasteiger partial charge in [0.1, 0.15) is 16.7 Å². The molecule has 1 saturated heterocycles. The monoisotopic (exact) mass is 600 g/mol. The standard InChI is InChI=1S/C30H40N4O5S2/c1-19-12-15-34(16-13-19)28(37)24-25(40-27(32-24)26(36)31-18-30(4,5)38)22-10-11-23(21-9-7-6-8-20(21)22)41(39)33-29(2,3)14-17-35/h6-11,19,33,35,38H,12-18H2,1-5H3,(H,31,36). The van der Waals surface area contributed by atoms with Crippen LogP contribution in [0.25, 0.3) is 21.2 Å². The van der Waals surface area contributed by atoms with E-state index in [1.807, 2.05) is 44.2 Å². The number of hydrogen-bond acceptors (Lipinski definition) is 7. The minimum Gasteiger partial charge on any atom is -0.396 e. The van der Waals surface area contributed by atoms with E-state index in [9.17, 15) is 24.0 Å². The van der Waals surface area contributed by atoms with Gasteiger partial charge in [-0.15, -0.1) is 11.3 Å². The quantitative estimate of drug-likeness (QED) is 0.277. The van der Waals surface area contributed by atoms with Gasteiger partial charge in [0.15, 0.2) is 5.01 Å². The van der Waals surface area contributed by atoms with Gasteiger partial charge in [-0.1, -0.05) is 37.3 Å². The van der Waals surface area contributed by atoms with Crippen LogP contribution in [0.1, 0.15) is 74.2 Å². The second-order valence-corrected chi connectivity index (χ2v) is 14.2. The molecule has 0 spiro atoms. The number of amides is 2. The Hall–Kier alpha value is -2.70. The fourth-order valence-electron chi connectivity index (χ4n) is 4.75. The number of nitrogens with one attached hydrogen (secondary N) is 2. The molecule has 2 aromatic carbocycles. The first-order valence-electron chi connectivity index (χ1n) is 13.9. The summed E-state index contributed by atoms with van der Waals surface area (Å²) in [6.07, 6.45) is 2.26. The molecule has 1 atom stereocenters. The van der Waals surface area contributed by atoms with Crippen molar-refractivity contribution in [2.75, 3.05) is 26.2 Å². The molecule has 2 heterocycles. The van der Waals surface area contributed by atoms with Crippen LogP contribution in [0, 0.1) is 5.92 Å². The number of aliphatic hydroxyl groups excluding tert-OH is 1. The first-order chi connectivity index (χ1) is 19.3. The highest BCUT2D eigenvalue weighted by molar-refractivity contribution is 7.83. The third kappa shape index (κ3) is 7.58. The van der Waals surface area contributed by atoms with E-state index in [1.165, 1.54) is 0 Å². The number of nitrogens with zero attached hydrogens (tertiary/aromatic N) is 2. The van der Waals surface area contributed by atoms with Gasteiger partial charge in [0.25, 0.3) is 11.8 Å². The Bertz CT molecular complexity index is 1440. The summed E-state index contributed by atoms with van der Waals surface area (Å²) in [5, 5.41) is 23.9. The molecule has 1 fully saturated rings. The topological polar surface area (TPSA) is 132 Å². The summed E-state index contributed by atoms with van der Waals surface area (Å²) in [6.45, 7) is 10.4. The van der Waals surface area contributed by atoms with Gasteiger partial charge in [0, 0.05) is 37.3 Å². The summed E-state index contributed by atoms with van der Waals surface area (Å²) < 4.78 is 16.5. The summed E-state index contributed by atoms with van der Waals surface area (Å²) in [6, 6.07) is 11.2. The highest BCUT2D eigenvalue weighted by Gasteiger charge is 2.30. The highest BCUT2D eigenvalue weighted by atomic mass is 32.2. The van der Waals surface area contributed by atoms with Crippen molar-refractivity contribution in [1.82, 2.24) is 19.9 Å². The number of aliphatic hydroxyl groups is 2. The number of benzene rings is 2. The molecule has 41 heavy (non-hydrogen) atoms. The molecule has 0 saturated carbocycles. The van der Waals surface area contributed by atoms with Gasteiger partial charge in [0.05, 0.1) is 15.4 Å². The van der Waals surface area contributed by atoms with Crippen molar-refractivity contribution in [3.63, 3.8) is 0 Å². The SMILES string of the molecule is CC1CCN(C(=O)c2nc(C(=O)NCC(C)(C)O)sc2-c2ccc(S(=O)NC(C)(C)CCO)c3ccccc23)CC1. The van der Waals surface area contributed by atoms with Crippen molar-refractivity contribution in [3.8, 4) is 10.4 Å². The van der Waals surface area contributed by atoms with Crippen LogP contribution in [0.2, 0.25) is 0 Å². The third-order valence-electron chi connectivity index (χ3n) is 7.21. The zero-order valence-corrected chi connectivity index (χ0v) is 26.0. The first kappa shape index (κ1) is 31.2. The Morgan fingerprint density at radius 2 is 1.76 bits per heavy atom. The van der Waals surface area contributed by atoms with Gasteiger partial charge in [-0.2, -0.15) is 0 Å². The molecule has 1 aliphatic heterocycles. The Labute approximate surface area is 248 Å². The fourth-order valence-corrected chi connectivity index (χ4v) is 7.04. The van der Waals surface area contributed by atoms with E-state index in [0.29, 0.717) is 35.2 Å². The number of carbonyl (C=O) groups excluding carboxylic acids is 2. The van der Waals surface area contributed by atoms with E-state index >= 15 is 0 Å². The zero-order chi connectivity index (χ0) is 29.9. The predicted molar refractivity (Wildman–Crippen MR) is 163 cm³/mol. The molecule has 11 heteroatoms. The fraction of sp³-hybridized carbons (Fsp3) is 0.500. The van der Waals surface area contributed by atoms with Gasteiger partial charge in [0.2, 0.25) is 0 Å². The van der Waals surface area contributed by atoms with Gasteiger partial charge in [-0.05, 0) is 69.7 Å². The van der Waals surface area contributed by atoms with Crippen molar-refractivity contribution in [3.05, 3.63) is 47.1 Å². The summed E-state index contributed by atoms with van der Waals surface area (Å²) >= 11 is 1.14.